The summed E-state index contributed by atoms with van der Waals surface area (Å²) in [5.74, 6) is 0.861. The lowest BCUT2D eigenvalue weighted by atomic mass is 9.88. The first-order valence-electron chi connectivity index (χ1n) is 7.12. The maximum absolute atomic E-state index is 6.20. The van der Waals surface area contributed by atoms with Crippen molar-refractivity contribution in [2.75, 3.05) is 13.1 Å². The van der Waals surface area contributed by atoms with Crippen molar-refractivity contribution in [3.63, 3.8) is 0 Å². The number of hydrogen-bond acceptors (Lipinski definition) is 2. The van der Waals surface area contributed by atoms with Gasteiger partial charge in [0.25, 0.3) is 0 Å². The van der Waals surface area contributed by atoms with E-state index in [2.05, 4.69) is 26.1 Å². The summed E-state index contributed by atoms with van der Waals surface area (Å²) in [6.45, 7) is 8.92. The van der Waals surface area contributed by atoms with Crippen LogP contribution in [0.5, 0.6) is 0 Å². The van der Waals surface area contributed by atoms with E-state index in [0.717, 1.165) is 25.4 Å². The third-order valence-corrected chi connectivity index (χ3v) is 3.53. The van der Waals surface area contributed by atoms with Crippen molar-refractivity contribution in [3.8, 4) is 0 Å². The van der Waals surface area contributed by atoms with Crippen LogP contribution < -0.4 is 5.32 Å². The van der Waals surface area contributed by atoms with Gasteiger partial charge < -0.3 is 10.1 Å². The Balaban J connectivity index is 2.20. The Hall–Kier alpha value is -0.0800. The quantitative estimate of drug-likeness (QED) is 0.673. The molecule has 0 bridgehead atoms. The van der Waals surface area contributed by atoms with E-state index < -0.39 is 0 Å². The lowest BCUT2D eigenvalue weighted by Gasteiger charge is -2.30. The summed E-state index contributed by atoms with van der Waals surface area (Å²) < 4.78 is 6.20. The van der Waals surface area contributed by atoms with Crippen LogP contribution in [0.4, 0.5) is 0 Å². The second-order valence-electron chi connectivity index (χ2n) is 5.26. The Morgan fingerprint density at radius 1 is 1.31 bits per heavy atom. The molecule has 1 rings (SSSR count). The van der Waals surface area contributed by atoms with Crippen molar-refractivity contribution >= 4 is 0 Å². The Bertz CT molecular complexity index is 172. The maximum atomic E-state index is 6.20. The molecule has 0 spiro atoms. The lowest BCUT2D eigenvalue weighted by molar-refractivity contribution is -0.0389. The predicted molar refractivity (Wildman–Crippen MR) is 69.7 cm³/mol. The molecule has 1 N–H and O–H groups in total. The van der Waals surface area contributed by atoms with E-state index in [1.165, 1.54) is 32.1 Å². The smallest absolute Gasteiger partial charge is 0.0700 e. The molecule has 3 atom stereocenters. The molecule has 3 unspecified atom stereocenters. The number of hydrogen-bond donors (Lipinski definition) is 1. The van der Waals surface area contributed by atoms with Crippen LogP contribution in [-0.4, -0.2) is 25.3 Å². The molecule has 96 valence electrons. The molecule has 0 radical (unpaired) electrons. The summed E-state index contributed by atoms with van der Waals surface area (Å²) in [6, 6.07) is 0. The number of rotatable bonds is 7. The molecule has 2 nitrogen and oxygen atoms in total. The van der Waals surface area contributed by atoms with Crippen molar-refractivity contribution < 1.29 is 4.74 Å². The monoisotopic (exact) mass is 227 g/mol. The highest BCUT2D eigenvalue weighted by atomic mass is 16.5. The Kier molecular flexibility index (Phi) is 7.06. The second kappa shape index (κ2) is 8.08. The van der Waals surface area contributed by atoms with Crippen molar-refractivity contribution in [1.29, 1.82) is 0 Å². The van der Waals surface area contributed by atoms with Gasteiger partial charge in [-0.2, -0.15) is 0 Å². The van der Waals surface area contributed by atoms with Gasteiger partial charge >= 0.3 is 0 Å². The molecule has 2 heteroatoms. The molecule has 0 amide bonds. The zero-order chi connectivity index (χ0) is 11.8. The number of ether oxygens (including phenoxy) is 1. The molecule has 1 aliphatic carbocycles. The van der Waals surface area contributed by atoms with Gasteiger partial charge in [0.15, 0.2) is 0 Å². The van der Waals surface area contributed by atoms with Gasteiger partial charge in [0, 0.05) is 6.54 Å². The van der Waals surface area contributed by atoms with E-state index in [9.17, 15) is 0 Å². The fourth-order valence-corrected chi connectivity index (χ4v) is 2.50. The highest BCUT2D eigenvalue weighted by molar-refractivity contribution is 4.73. The van der Waals surface area contributed by atoms with Gasteiger partial charge in [-0.25, -0.2) is 0 Å². The van der Waals surface area contributed by atoms with Gasteiger partial charge in [-0.15, -0.1) is 0 Å². The highest BCUT2D eigenvalue weighted by Crippen LogP contribution is 2.26. The van der Waals surface area contributed by atoms with Crippen LogP contribution in [0.3, 0.4) is 0 Å². The topological polar surface area (TPSA) is 21.3 Å². The highest BCUT2D eigenvalue weighted by Gasteiger charge is 2.21. The molecular formula is C14H29NO. The molecule has 16 heavy (non-hydrogen) atoms. The van der Waals surface area contributed by atoms with Crippen molar-refractivity contribution in [2.24, 2.45) is 5.92 Å². The molecule has 0 heterocycles. The minimum atomic E-state index is 0.418. The fraction of sp³-hybridized carbons (Fsp3) is 1.00. The standard InChI is InChI=1S/C14H29NO/c1-4-9-15-11-13(5-2)16-14-8-6-7-12(3)10-14/h12-15H,4-11H2,1-3H3. The number of nitrogens with one attached hydrogen (secondary N) is 1. The lowest BCUT2D eigenvalue weighted by Crippen LogP contribution is -2.34. The summed E-state index contributed by atoms with van der Waals surface area (Å²) in [5, 5.41) is 3.46. The minimum absolute atomic E-state index is 0.418. The van der Waals surface area contributed by atoms with Crippen LogP contribution in [0, 0.1) is 5.92 Å². The first-order valence-corrected chi connectivity index (χ1v) is 7.12. The maximum Gasteiger partial charge on any atom is 0.0700 e. The molecule has 1 fully saturated rings. The van der Waals surface area contributed by atoms with Gasteiger partial charge in [-0.05, 0) is 38.1 Å². The molecule has 0 aliphatic heterocycles. The Labute approximate surface area is 101 Å². The normalized spacial score (nSPS) is 27.9. The van der Waals surface area contributed by atoms with Crippen LogP contribution >= 0.6 is 0 Å². The Morgan fingerprint density at radius 2 is 2.12 bits per heavy atom. The molecule has 1 saturated carbocycles. The van der Waals surface area contributed by atoms with Crippen LogP contribution in [0.2, 0.25) is 0 Å². The molecule has 0 aromatic heterocycles. The average Bonchev–Trinajstić information content (AvgIpc) is 2.28. The fourth-order valence-electron chi connectivity index (χ4n) is 2.50. The molecular weight excluding hydrogens is 198 g/mol. The van der Waals surface area contributed by atoms with Crippen LogP contribution in [-0.2, 0) is 4.74 Å². The van der Waals surface area contributed by atoms with Crippen molar-refractivity contribution in [3.05, 3.63) is 0 Å². The first-order chi connectivity index (χ1) is 7.76. The average molecular weight is 227 g/mol. The van der Waals surface area contributed by atoms with E-state index >= 15 is 0 Å². The first kappa shape index (κ1) is 14.0. The SMILES string of the molecule is CCCNCC(CC)OC1CCCC(C)C1. The van der Waals surface area contributed by atoms with Crippen molar-refractivity contribution in [1.82, 2.24) is 5.32 Å². The molecule has 1 aliphatic rings. The largest absolute Gasteiger partial charge is 0.374 e. The third kappa shape index (κ3) is 5.31. The Morgan fingerprint density at radius 3 is 2.75 bits per heavy atom. The van der Waals surface area contributed by atoms with Crippen molar-refractivity contribution in [2.45, 2.75) is 71.5 Å². The molecule has 0 saturated heterocycles. The van der Waals surface area contributed by atoms with Gasteiger partial charge in [0.1, 0.15) is 0 Å². The summed E-state index contributed by atoms with van der Waals surface area (Å²) in [4.78, 5) is 0. The summed E-state index contributed by atoms with van der Waals surface area (Å²) >= 11 is 0. The van der Waals surface area contributed by atoms with Gasteiger partial charge in [0.05, 0.1) is 12.2 Å². The van der Waals surface area contributed by atoms with Crippen LogP contribution in [0.15, 0.2) is 0 Å². The second-order valence-corrected chi connectivity index (χ2v) is 5.26. The molecule has 0 aromatic rings. The van der Waals surface area contributed by atoms with Crippen LogP contribution in [0.25, 0.3) is 0 Å². The van der Waals surface area contributed by atoms with Gasteiger partial charge in [-0.1, -0.05) is 33.6 Å². The summed E-state index contributed by atoms with van der Waals surface area (Å²) in [5.41, 5.74) is 0. The van der Waals surface area contributed by atoms with E-state index in [1.807, 2.05) is 0 Å². The van der Waals surface area contributed by atoms with E-state index in [1.54, 1.807) is 0 Å². The van der Waals surface area contributed by atoms with Gasteiger partial charge in [-0.3, -0.25) is 0 Å². The third-order valence-electron chi connectivity index (χ3n) is 3.53. The van der Waals surface area contributed by atoms with E-state index in [-0.39, 0.29) is 0 Å². The zero-order valence-electron chi connectivity index (χ0n) is 11.3. The zero-order valence-corrected chi connectivity index (χ0v) is 11.3. The predicted octanol–water partition coefficient (Wildman–Crippen LogP) is 3.36. The molecule has 0 aromatic carbocycles. The minimum Gasteiger partial charge on any atom is -0.374 e. The van der Waals surface area contributed by atoms with E-state index in [4.69, 9.17) is 4.74 Å². The van der Waals surface area contributed by atoms with E-state index in [0.29, 0.717) is 12.2 Å². The summed E-state index contributed by atoms with van der Waals surface area (Å²) in [7, 11) is 0. The van der Waals surface area contributed by atoms with Crippen LogP contribution in [0.1, 0.15) is 59.3 Å². The van der Waals surface area contributed by atoms with Gasteiger partial charge in [0.2, 0.25) is 0 Å². The summed E-state index contributed by atoms with van der Waals surface area (Å²) in [6.07, 6.45) is 8.56.